The maximum Gasteiger partial charge on any atom is 0.241 e. The van der Waals surface area contributed by atoms with Crippen molar-refractivity contribution in [2.24, 2.45) is 5.92 Å². The van der Waals surface area contributed by atoms with Gasteiger partial charge < -0.3 is 5.11 Å². The summed E-state index contributed by atoms with van der Waals surface area (Å²) in [6.45, 7) is 3.70. The largest absolute Gasteiger partial charge is 0.382 e. The van der Waals surface area contributed by atoms with Crippen LogP contribution in [0, 0.1) is 16.0 Å². The molecule has 0 aromatic rings. The Hall–Kier alpha value is -0.640. The van der Waals surface area contributed by atoms with Crippen LogP contribution in [0.5, 0.6) is 0 Å². The summed E-state index contributed by atoms with van der Waals surface area (Å²) < 4.78 is 0. The molecule has 0 saturated heterocycles. The Morgan fingerprint density at radius 1 is 1.54 bits per heavy atom. The maximum absolute atomic E-state index is 10.7. The van der Waals surface area contributed by atoms with Gasteiger partial charge in [0.1, 0.15) is 5.60 Å². The molecule has 0 amide bonds. The Labute approximate surface area is 78.1 Å². The van der Waals surface area contributed by atoms with Crippen LogP contribution < -0.4 is 0 Å². The minimum absolute atomic E-state index is 0.0387. The highest BCUT2D eigenvalue weighted by Gasteiger charge is 2.48. The van der Waals surface area contributed by atoms with Crippen molar-refractivity contribution < 1.29 is 10.0 Å². The molecule has 1 aliphatic carbocycles. The molecule has 0 aliphatic heterocycles. The third-order valence-electron chi connectivity index (χ3n) is 3.14. The first-order chi connectivity index (χ1) is 5.98. The zero-order chi connectivity index (χ0) is 10.1. The zero-order valence-electron chi connectivity index (χ0n) is 8.19. The summed E-state index contributed by atoms with van der Waals surface area (Å²) in [5.74, 6) is -0.0387. The van der Waals surface area contributed by atoms with Gasteiger partial charge in [0.05, 0.1) is 0 Å². The molecule has 0 spiro atoms. The van der Waals surface area contributed by atoms with Crippen LogP contribution in [0.2, 0.25) is 0 Å². The molecular weight excluding hydrogens is 170 g/mol. The summed E-state index contributed by atoms with van der Waals surface area (Å²) in [6.07, 6.45) is 2.84. The highest BCUT2D eigenvalue weighted by molar-refractivity contribution is 4.92. The van der Waals surface area contributed by atoms with E-state index in [0.717, 1.165) is 12.8 Å². The van der Waals surface area contributed by atoms with Gasteiger partial charge in [0.15, 0.2) is 0 Å². The lowest BCUT2D eigenvalue weighted by molar-refractivity contribution is -0.552. The Kier molecular flexibility index (Phi) is 2.91. The Bertz CT molecular complexity index is 205. The fourth-order valence-electron chi connectivity index (χ4n) is 2.12. The van der Waals surface area contributed by atoms with Crippen LogP contribution in [0.3, 0.4) is 0 Å². The molecule has 0 bridgehead atoms. The van der Waals surface area contributed by atoms with E-state index in [9.17, 15) is 15.2 Å². The number of hydrogen-bond acceptors (Lipinski definition) is 3. The minimum Gasteiger partial charge on any atom is -0.382 e. The zero-order valence-corrected chi connectivity index (χ0v) is 8.19. The van der Waals surface area contributed by atoms with Crippen LogP contribution in [-0.2, 0) is 0 Å². The summed E-state index contributed by atoms with van der Waals surface area (Å²) >= 11 is 0. The second-order valence-electron chi connectivity index (χ2n) is 4.19. The van der Waals surface area contributed by atoms with Gasteiger partial charge in [0, 0.05) is 11.3 Å². The summed E-state index contributed by atoms with van der Waals surface area (Å²) in [4.78, 5) is 10.4. The first-order valence-electron chi connectivity index (χ1n) is 4.84. The first-order valence-corrected chi connectivity index (χ1v) is 4.84. The molecule has 1 rings (SSSR count). The number of aliphatic hydroxyl groups is 1. The molecule has 0 radical (unpaired) electrons. The molecule has 0 aromatic carbocycles. The van der Waals surface area contributed by atoms with E-state index in [1.165, 1.54) is 0 Å². The van der Waals surface area contributed by atoms with Gasteiger partial charge in [-0.15, -0.1) is 0 Å². The van der Waals surface area contributed by atoms with Crippen molar-refractivity contribution in [3.05, 3.63) is 10.1 Å². The highest BCUT2D eigenvalue weighted by atomic mass is 16.6. The third kappa shape index (κ3) is 1.82. The van der Waals surface area contributed by atoms with Crippen molar-refractivity contribution in [3.63, 3.8) is 0 Å². The van der Waals surface area contributed by atoms with Gasteiger partial charge in [-0.1, -0.05) is 20.3 Å². The van der Waals surface area contributed by atoms with E-state index >= 15 is 0 Å². The normalized spacial score (nSPS) is 34.9. The maximum atomic E-state index is 10.7. The fraction of sp³-hybridized carbons (Fsp3) is 1.00. The van der Waals surface area contributed by atoms with E-state index in [-0.39, 0.29) is 10.8 Å². The lowest BCUT2D eigenvalue weighted by atomic mass is 9.74. The Balaban J connectivity index is 2.83. The van der Waals surface area contributed by atoms with Gasteiger partial charge in [0.25, 0.3) is 0 Å². The second kappa shape index (κ2) is 3.62. The van der Waals surface area contributed by atoms with Gasteiger partial charge >= 0.3 is 0 Å². The van der Waals surface area contributed by atoms with Crippen molar-refractivity contribution in [1.29, 1.82) is 0 Å². The standard InChI is InChI=1S/C9H17NO3/c1-7(2)9(11)6-4-3-5-8(9)10(12)13/h7-8,11H,3-6H2,1-2H3. The van der Waals surface area contributed by atoms with Crippen molar-refractivity contribution in [1.82, 2.24) is 0 Å². The minimum atomic E-state index is -1.08. The van der Waals surface area contributed by atoms with E-state index < -0.39 is 11.6 Å². The average Bonchev–Trinajstić information content (AvgIpc) is 2.04. The molecule has 76 valence electrons. The summed E-state index contributed by atoms with van der Waals surface area (Å²) in [6, 6.07) is -0.763. The molecule has 0 aromatic heterocycles. The molecule has 1 saturated carbocycles. The van der Waals surface area contributed by atoms with Crippen molar-refractivity contribution in [3.8, 4) is 0 Å². The van der Waals surface area contributed by atoms with Crippen molar-refractivity contribution in [2.75, 3.05) is 0 Å². The summed E-state index contributed by atoms with van der Waals surface area (Å²) in [5.41, 5.74) is -1.08. The van der Waals surface area contributed by atoms with Crippen molar-refractivity contribution >= 4 is 0 Å². The second-order valence-corrected chi connectivity index (χ2v) is 4.19. The van der Waals surface area contributed by atoms with Gasteiger partial charge in [-0.05, 0) is 18.8 Å². The van der Waals surface area contributed by atoms with E-state index in [1.807, 2.05) is 13.8 Å². The molecule has 13 heavy (non-hydrogen) atoms. The molecule has 1 fully saturated rings. The molecule has 2 unspecified atom stereocenters. The predicted octanol–water partition coefficient (Wildman–Crippen LogP) is 1.59. The molecule has 2 atom stereocenters. The lowest BCUT2D eigenvalue weighted by Crippen LogP contribution is -2.52. The molecule has 4 nitrogen and oxygen atoms in total. The number of hydrogen-bond donors (Lipinski definition) is 1. The van der Waals surface area contributed by atoms with E-state index in [2.05, 4.69) is 0 Å². The monoisotopic (exact) mass is 187 g/mol. The summed E-state index contributed by atoms with van der Waals surface area (Å²) in [7, 11) is 0. The number of rotatable bonds is 2. The Morgan fingerprint density at radius 2 is 2.15 bits per heavy atom. The summed E-state index contributed by atoms with van der Waals surface area (Å²) in [5, 5.41) is 20.9. The first kappa shape index (κ1) is 10.4. The van der Waals surface area contributed by atoms with Crippen LogP contribution in [0.1, 0.15) is 39.5 Å². The number of nitro groups is 1. The smallest absolute Gasteiger partial charge is 0.241 e. The third-order valence-corrected chi connectivity index (χ3v) is 3.14. The van der Waals surface area contributed by atoms with E-state index in [4.69, 9.17) is 0 Å². The SMILES string of the molecule is CC(C)C1(O)CCCCC1[N+](=O)[O-]. The molecule has 0 heterocycles. The predicted molar refractivity (Wildman–Crippen MR) is 49.0 cm³/mol. The molecule has 1 N–H and O–H groups in total. The van der Waals surface area contributed by atoms with E-state index in [0.29, 0.717) is 12.8 Å². The van der Waals surface area contributed by atoms with Gasteiger partial charge in [-0.3, -0.25) is 10.1 Å². The molecule has 1 aliphatic rings. The van der Waals surface area contributed by atoms with Crippen LogP contribution in [0.25, 0.3) is 0 Å². The Morgan fingerprint density at radius 3 is 2.54 bits per heavy atom. The highest BCUT2D eigenvalue weighted by Crippen LogP contribution is 2.35. The fourth-order valence-corrected chi connectivity index (χ4v) is 2.12. The average molecular weight is 187 g/mol. The van der Waals surface area contributed by atoms with Gasteiger partial charge in [-0.2, -0.15) is 0 Å². The topological polar surface area (TPSA) is 63.4 Å². The van der Waals surface area contributed by atoms with Crippen LogP contribution in [0.4, 0.5) is 0 Å². The number of nitrogens with zero attached hydrogens (tertiary/aromatic N) is 1. The molecular formula is C9H17NO3. The van der Waals surface area contributed by atoms with Crippen LogP contribution in [-0.4, -0.2) is 21.7 Å². The lowest BCUT2D eigenvalue weighted by Gasteiger charge is -2.37. The van der Waals surface area contributed by atoms with Crippen LogP contribution >= 0.6 is 0 Å². The van der Waals surface area contributed by atoms with Crippen LogP contribution in [0.15, 0.2) is 0 Å². The van der Waals surface area contributed by atoms with Gasteiger partial charge in [0.2, 0.25) is 6.04 Å². The van der Waals surface area contributed by atoms with Crippen molar-refractivity contribution in [2.45, 2.75) is 51.2 Å². The van der Waals surface area contributed by atoms with E-state index in [1.54, 1.807) is 0 Å². The quantitative estimate of drug-likeness (QED) is 0.527. The molecule has 4 heteroatoms. The van der Waals surface area contributed by atoms with Gasteiger partial charge in [-0.25, -0.2) is 0 Å².